The summed E-state index contributed by atoms with van der Waals surface area (Å²) in [7, 11) is 3.66. The zero-order chi connectivity index (χ0) is 21.8. The number of esters is 1. The van der Waals surface area contributed by atoms with Crippen molar-refractivity contribution in [2.45, 2.75) is 33.6 Å². The highest BCUT2D eigenvalue weighted by atomic mass is 16.5. The van der Waals surface area contributed by atoms with Gasteiger partial charge in [-0.25, -0.2) is 14.5 Å². The van der Waals surface area contributed by atoms with Crippen molar-refractivity contribution in [3.63, 3.8) is 0 Å². The molecule has 0 aliphatic rings. The lowest BCUT2D eigenvalue weighted by atomic mass is 10.1. The normalized spacial score (nSPS) is 11.3. The molecule has 3 aromatic rings. The summed E-state index contributed by atoms with van der Waals surface area (Å²) in [4.78, 5) is 19.3. The second-order valence-corrected chi connectivity index (χ2v) is 7.65. The van der Waals surface area contributed by atoms with Crippen molar-refractivity contribution in [1.82, 2.24) is 14.8 Å². The van der Waals surface area contributed by atoms with E-state index in [0.717, 1.165) is 28.0 Å². The first-order valence-electron chi connectivity index (χ1n) is 10.2. The first kappa shape index (κ1) is 21.8. The summed E-state index contributed by atoms with van der Waals surface area (Å²) in [5.74, 6) is -0.257. The van der Waals surface area contributed by atoms with Gasteiger partial charge in [0.15, 0.2) is 11.3 Å². The third-order valence-electron chi connectivity index (χ3n) is 4.96. The molecule has 0 spiro atoms. The van der Waals surface area contributed by atoms with Gasteiger partial charge in [0.05, 0.1) is 35.7 Å². The number of carbonyl (C=O) groups is 1. The summed E-state index contributed by atoms with van der Waals surface area (Å²) in [5.41, 5.74) is 4.78. The van der Waals surface area contributed by atoms with Gasteiger partial charge in [0.25, 0.3) is 0 Å². The van der Waals surface area contributed by atoms with Gasteiger partial charge in [0.2, 0.25) is 0 Å². The van der Waals surface area contributed by atoms with Gasteiger partial charge < -0.3 is 14.4 Å². The van der Waals surface area contributed by atoms with Gasteiger partial charge in [-0.15, -0.1) is 0 Å². The summed E-state index contributed by atoms with van der Waals surface area (Å²) in [6.07, 6.45) is 0. The first-order valence-corrected chi connectivity index (χ1v) is 10.2. The Bertz CT molecular complexity index is 1040. The Morgan fingerprint density at radius 2 is 2.03 bits per heavy atom. The predicted octanol–water partition coefficient (Wildman–Crippen LogP) is 4.11. The molecule has 0 aliphatic heterocycles. The maximum atomic E-state index is 12.6. The minimum absolute atomic E-state index is 0.184. The van der Waals surface area contributed by atoms with E-state index >= 15 is 0 Å². The van der Waals surface area contributed by atoms with Crippen molar-refractivity contribution in [2.24, 2.45) is 0 Å². The topological polar surface area (TPSA) is 69.5 Å². The van der Waals surface area contributed by atoms with Crippen LogP contribution in [-0.4, -0.2) is 54.6 Å². The van der Waals surface area contributed by atoms with Crippen LogP contribution in [0.1, 0.15) is 48.4 Å². The van der Waals surface area contributed by atoms with Crippen LogP contribution in [0.3, 0.4) is 0 Å². The molecule has 160 valence electrons. The SMILES string of the molecule is CCOC(=O)c1cc(N(C)CCOC)c2c(C(C)C)nn(-c3cccc(C)c3)c2n1. The van der Waals surface area contributed by atoms with Crippen LogP contribution < -0.4 is 4.90 Å². The van der Waals surface area contributed by atoms with E-state index in [1.807, 2.05) is 36.9 Å². The molecule has 0 saturated carbocycles. The largest absolute Gasteiger partial charge is 0.461 e. The fraction of sp³-hybridized carbons (Fsp3) is 0.435. The van der Waals surface area contributed by atoms with E-state index < -0.39 is 5.97 Å². The maximum Gasteiger partial charge on any atom is 0.357 e. The molecule has 0 N–H and O–H groups in total. The van der Waals surface area contributed by atoms with E-state index in [1.54, 1.807) is 20.1 Å². The van der Waals surface area contributed by atoms with Gasteiger partial charge in [-0.2, -0.15) is 5.10 Å². The molecule has 0 atom stereocenters. The Morgan fingerprint density at radius 1 is 1.27 bits per heavy atom. The van der Waals surface area contributed by atoms with Crippen LogP contribution >= 0.6 is 0 Å². The predicted molar refractivity (Wildman–Crippen MR) is 119 cm³/mol. The van der Waals surface area contributed by atoms with E-state index in [-0.39, 0.29) is 11.6 Å². The molecule has 0 aliphatic carbocycles. The standard InChI is InChI=1S/C23H30N4O3/c1-7-30-23(28)18-14-19(26(5)11-12-29-6)20-21(15(2)3)25-27(22(20)24-18)17-10-8-9-16(4)13-17/h8-10,13-15H,7,11-12H2,1-6H3. The third-order valence-corrected chi connectivity index (χ3v) is 4.96. The highest BCUT2D eigenvalue weighted by molar-refractivity contribution is 5.99. The number of aryl methyl sites for hydroxylation is 1. The van der Waals surface area contributed by atoms with E-state index in [0.29, 0.717) is 25.4 Å². The molecule has 1 aromatic carbocycles. The Balaban J connectivity index is 2.32. The number of hydrogen-bond acceptors (Lipinski definition) is 6. The van der Waals surface area contributed by atoms with Crippen molar-refractivity contribution in [3.05, 3.63) is 47.3 Å². The van der Waals surface area contributed by atoms with Crippen LogP contribution in [0.15, 0.2) is 30.3 Å². The quantitative estimate of drug-likeness (QED) is 0.521. The second-order valence-electron chi connectivity index (χ2n) is 7.65. The monoisotopic (exact) mass is 410 g/mol. The van der Waals surface area contributed by atoms with Gasteiger partial charge in [0, 0.05) is 20.7 Å². The number of fused-ring (bicyclic) bond motifs is 1. The molecule has 30 heavy (non-hydrogen) atoms. The van der Waals surface area contributed by atoms with E-state index in [4.69, 9.17) is 19.6 Å². The molecule has 2 aromatic heterocycles. The molecule has 0 bridgehead atoms. The lowest BCUT2D eigenvalue weighted by molar-refractivity contribution is 0.0520. The highest BCUT2D eigenvalue weighted by Gasteiger charge is 2.24. The Morgan fingerprint density at radius 3 is 2.67 bits per heavy atom. The fourth-order valence-corrected chi connectivity index (χ4v) is 3.43. The zero-order valence-electron chi connectivity index (χ0n) is 18.6. The number of methoxy groups -OCH3 is 1. The summed E-state index contributed by atoms with van der Waals surface area (Å²) in [6, 6.07) is 9.89. The minimum atomic E-state index is -0.441. The number of aromatic nitrogens is 3. The smallest absolute Gasteiger partial charge is 0.357 e. The van der Waals surface area contributed by atoms with Crippen LogP contribution in [0.5, 0.6) is 0 Å². The molecule has 3 rings (SSSR count). The lowest BCUT2D eigenvalue weighted by Gasteiger charge is -2.21. The van der Waals surface area contributed by atoms with Gasteiger partial charge >= 0.3 is 5.97 Å². The van der Waals surface area contributed by atoms with Crippen LogP contribution in [0.2, 0.25) is 0 Å². The van der Waals surface area contributed by atoms with E-state index in [9.17, 15) is 4.79 Å². The number of hydrogen-bond donors (Lipinski definition) is 0. The first-order chi connectivity index (χ1) is 14.4. The van der Waals surface area contributed by atoms with E-state index in [1.165, 1.54) is 0 Å². The zero-order valence-corrected chi connectivity index (χ0v) is 18.6. The van der Waals surface area contributed by atoms with Gasteiger partial charge in [-0.1, -0.05) is 26.0 Å². The average Bonchev–Trinajstić information content (AvgIpc) is 3.11. The van der Waals surface area contributed by atoms with Gasteiger partial charge in [-0.05, 0) is 43.5 Å². The van der Waals surface area contributed by atoms with Crippen molar-refractivity contribution < 1.29 is 14.3 Å². The molecule has 7 heteroatoms. The summed E-state index contributed by atoms with van der Waals surface area (Å²) in [5, 5.41) is 5.86. The number of anilines is 1. The summed E-state index contributed by atoms with van der Waals surface area (Å²) < 4.78 is 12.3. The molecule has 0 fully saturated rings. The molecule has 0 amide bonds. The van der Waals surface area contributed by atoms with Crippen molar-refractivity contribution in [1.29, 1.82) is 0 Å². The number of benzene rings is 1. The molecule has 0 radical (unpaired) electrons. The van der Waals surface area contributed by atoms with Crippen LogP contribution in [0.4, 0.5) is 5.69 Å². The van der Waals surface area contributed by atoms with Crippen LogP contribution in [0.25, 0.3) is 16.7 Å². The van der Waals surface area contributed by atoms with Crippen LogP contribution in [-0.2, 0) is 9.47 Å². The second kappa shape index (κ2) is 9.26. The Kier molecular flexibility index (Phi) is 6.72. The lowest BCUT2D eigenvalue weighted by Crippen LogP contribution is -2.23. The summed E-state index contributed by atoms with van der Waals surface area (Å²) >= 11 is 0. The average molecular weight is 411 g/mol. The third kappa shape index (κ3) is 4.31. The van der Waals surface area contributed by atoms with Gasteiger partial charge in [-0.3, -0.25) is 0 Å². The van der Waals surface area contributed by atoms with E-state index in [2.05, 4.69) is 24.8 Å². The number of ether oxygens (including phenoxy) is 2. The number of likely N-dealkylation sites (N-methyl/N-ethyl adjacent to an activating group) is 1. The Hall–Kier alpha value is -2.93. The van der Waals surface area contributed by atoms with Gasteiger partial charge in [0.1, 0.15) is 0 Å². The summed E-state index contributed by atoms with van der Waals surface area (Å²) in [6.45, 7) is 9.59. The molecule has 7 nitrogen and oxygen atoms in total. The fourth-order valence-electron chi connectivity index (χ4n) is 3.43. The van der Waals surface area contributed by atoms with Crippen molar-refractivity contribution in [2.75, 3.05) is 38.8 Å². The molecular formula is C23H30N4O3. The minimum Gasteiger partial charge on any atom is -0.461 e. The maximum absolute atomic E-state index is 12.6. The number of nitrogens with zero attached hydrogens (tertiary/aromatic N) is 4. The number of carbonyl (C=O) groups excluding carboxylic acids is 1. The highest BCUT2D eigenvalue weighted by Crippen LogP contribution is 2.34. The molecule has 0 unspecified atom stereocenters. The van der Waals surface area contributed by atoms with Crippen molar-refractivity contribution >= 4 is 22.7 Å². The molecular weight excluding hydrogens is 380 g/mol. The molecule has 0 saturated heterocycles. The van der Waals surface area contributed by atoms with Crippen LogP contribution in [0, 0.1) is 6.92 Å². The number of rotatable bonds is 8. The molecule has 2 heterocycles. The Labute approximate surface area is 177 Å². The van der Waals surface area contributed by atoms with Crippen molar-refractivity contribution in [3.8, 4) is 5.69 Å². The number of pyridine rings is 1.